The molecule has 0 bridgehead atoms. The molecule has 1 N–H and O–H groups in total. The first-order valence-electron chi connectivity index (χ1n) is 9.00. The first-order valence-corrected chi connectivity index (χ1v) is 9.00. The van der Waals surface area contributed by atoms with Gasteiger partial charge in [0.2, 0.25) is 5.91 Å². The zero-order chi connectivity index (χ0) is 16.7. The van der Waals surface area contributed by atoms with Crippen LogP contribution in [-0.2, 0) is 9.59 Å². The summed E-state index contributed by atoms with van der Waals surface area (Å²) in [6.07, 6.45) is 3.14. The van der Waals surface area contributed by atoms with Crippen LogP contribution in [0.3, 0.4) is 0 Å². The van der Waals surface area contributed by atoms with Crippen molar-refractivity contribution < 1.29 is 14.7 Å². The van der Waals surface area contributed by atoms with E-state index in [9.17, 15) is 14.7 Å². The summed E-state index contributed by atoms with van der Waals surface area (Å²) in [6, 6.07) is 7.83. The first-order chi connectivity index (χ1) is 11.6. The van der Waals surface area contributed by atoms with Gasteiger partial charge >= 0.3 is 0 Å². The van der Waals surface area contributed by atoms with E-state index in [2.05, 4.69) is 6.92 Å². The Labute approximate surface area is 141 Å². The third-order valence-corrected chi connectivity index (χ3v) is 7.09. The molecule has 4 aliphatic rings. The second kappa shape index (κ2) is 4.39. The van der Waals surface area contributed by atoms with Gasteiger partial charge in [-0.2, -0.15) is 0 Å². The molecule has 5 heteroatoms. The topological polar surface area (TPSA) is 60.9 Å². The number of hydrogen-bond donors (Lipinski definition) is 1. The predicted octanol–water partition coefficient (Wildman–Crippen LogP) is 2.00. The van der Waals surface area contributed by atoms with E-state index in [1.165, 1.54) is 0 Å². The summed E-state index contributed by atoms with van der Waals surface area (Å²) in [5.41, 5.74) is 1.02. The fraction of sp³-hybridized carbons (Fsp3) is 0.579. The lowest BCUT2D eigenvalue weighted by Gasteiger charge is -2.62. The molecule has 0 unspecified atom stereocenters. The van der Waals surface area contributed by atoms with E-state index in [0.29, 0.717) is 13.0 Å². The molecule has 2 amide bonds. The van der Waals surface area contributed by atoms with Gasteiger partial charge in [0.25, 0.3) is 5.91 Å². The zero-order valence-corrected chi connectivity index (χ0v) is 13.9. The van der Waals surface area contributed by atoms with Gasteiger partial charge < -0.3 is 10.0 Å². The average molecular weight is 326 g/mol. The highest BCUT2D eigenvalue weighted by molar-refractivity contribution is 6.03. The van der Waals surface area contributed by atoms with Gasteiger partial charge in [-0.3, -0.25) is 14.5 Å². The van der Waals surface area contributed by atoms with Crippen molar-refractivity contribution in [2.75, 3.05) is 11.4 Å². The molecule has 3 saturated heterocycles. The lowest BCUT2D eigenvalue weighted by atomic mass is 9.58. The van der Waals surface area contributed by atoms with Gasteiger partial charge in [0, 0.05) is 24.1 Å². The SMILES string of the molecule is CC[C@@]12CCCN3C(=O)[C@H](O)[C@H]4c5ccccc5N(C(=O)CC1)[C@]432. The van der Waals surface area contributed by atoms with Crippen molar-refractivity contribution in [1.29, 1.82) is 0 Å². The number of anilines is 1. The highest BCUT2D eigenvalue weighted by Gasteiger charge is 2.76. The van der Waals surface area contributed by atoms with Crippen molar-refractivity contribution in [3.63, 3.8) is 0 Å². The lowest BCUT2D eigenvalue weighted by Crippen LogP contribution is -2.73. The number of hydrogen-bond acceptors (Lipinski definition) is 3. The van der Waals surface area contributed by atoms with E-state index in [-0.39, 0.29) is 23.1 Å². The van der Waals surface area contributed by atoms with Crippen LogP contribution in [0.2, 0.25) is 0 Å². The number of aliphatic hydroxyl groups excluding tert-OH is 1. The second-order valence-electron chi connectivity index (χ2n) is 7.66. The maximum absolute atomic E-state index is 13.0. The van der Waals surface area contributed by atoms with Crippen LogP contribution in [0.25, 0.3) is 0 Å². The monoisotopic (exact) mass is 326 g/mol. The van der Waals surface area contributed by atoms with Gasteiger partial charge in [0.05, 0.1) is 5.92 Å². The molecule has 5 rings (SSSR count). The molecule has 4 aliphatic heterocycles. The Kier molecular flexibility index (Phi) is 2.65. The molecule has 0 radical (unpaired) electrons. The molecular formula is C19H22N2O3. The molecular weight excluding hydrogens is 304 g/mol. The number of aliphatic hydroxyl groups is 1. The van der Waals surface area contributed by atoms with Crippen LogP contribution >= 0.6 is 0 Å². The van der Waals surface area contributed by atoms with Crippen molar-refractivity contribution in [1.82, 2.24) is 4.90 Å². The highest BCUT2D eigenvalue weighted by Crippen LogP contribution is 2.68. The number of fused-ring (bicyclic) bond motifs is 3. The van der Waals surface area contributed by atoms with Crippen molar-refractivity contribution in [3.05, 3.63) is 29.8 Å². The third-order valence-electron chi connectivity index (χ3n) is 7.09. The number of benzene rings is 1. The maximum atomic E-state index is 13.0. The van der Waals surface area contributed by atoms with Crippen molar-refractivity contribution >= 4 is 17.5 Å². The minimum atomic E-state index is -1.05. The first kappa shape index (κ1) is 14.5. The fourth-order valence-electron chi connectivity index (χ4n) is 6.24. The summed E-state index contributed by atoms with van der Waals surface area (Å²) >= 11 is 0. The third kappa shape index (κ3) is 1.27. The number of nitrogens with zero attached hydrogens (tertiary/aromatic N) is 2. The van der Waals surface area contributed by atoms with Gasteiger partial charge in [-0.1, -0.05) is 25.1 Å². The summed E-state index contributed by atoms with van der Waals surface area (Å²) in [5, 5.41) is 10.9. The summed E-state index contributed by atoms with van der Waals surface area (Å²) < 4.78 is 0. The maximum Gasteiger partial charge on any atom is 0.254 e. The van der Waals surface area contributed by atoms with Crippen molar-refractivity contribution in [3.8, 4) is 0 Å². The summed E-state index contributed by atoms with van der Waals surface area (Å²) in [7, 11) is 0. The molecule has 3 fully saturated rings. The Morgan fingerprint density at radius 2 is 2.04 bits per heavy atom. The molecule has 1 spiro atoms. The standard InChI is InChI=1S/C19H22N2O3/c1-2-18-9-5-11-20-17(24)16(23)15-12-6-3-4-7-13(12)21(19(15,18)20)14(22)8-10-18/h3-4,6-7,15-16,23H,2,5,8-11H2,1H3/t15-,16-,18-,19+/m1/s1. The van der Waals surface area contributed by atoms with Crippen LogP contribution in [0.4, 0.5) is 5.69 Å². The van der Waals surface area contributed by atoms with Gasteiger partial charge in [-0.15, -0.1) is 0 Å². The Hall–Kier alpha value is -1.88. The van der Waals surface area contributed by atoms with E-state index >= 15 is 0 Å². The Morgan fingerprint density at radius 1 is 1.25 bits per heavy atom. The molecule has 24 heavy (non-hydrogen) atoms. The van der Waals surface area contributed by atoms with Crippen molar-refractivity contribution in [2.24, 2.45) is 5.41 Å². The number of carbonyl (C=O) groups is 2. The number of amides is 2. The fourth-order valence-corrected chi connectivity index (χ4v) is 6.24. The molecule has 0 aromatic heterocycles. The second-order valence-corrected chi connectivity index (χ2v) is 7.66. The molecule has 0 aliphatic carbocycles. The molecule has 1 aromatic rings. The number of carbonyl (C=O) groups excluding carboxylic acids is 2. The minimum absolute atomic E-state index is 0.0859. The smallest absolute Gasteiger partial charge is 0.254 e. The van der Waals surface area contributed by atoms with E-state index in [4.69, 9.17) is 0 Å². The van der Waals surface area contributed by atoms with E-state index in [1.54, 1.807) is 0 Å². The highest BCUT2D eigenvalue weighted by atomic mass is 16.3. The quantitative estimate of drug-likeness (QED) is 0.859. The number of para-hydroxylation sites is 1. The van der Waals surface area contributed by atoms with Crippen LogP contribution in [0.15, 0.2) is 24.3 Å². The number of rotatable bonds is 1. The summed E-state index contributed by atoms with van der Waals surface area (Å²) in [6.45, 7) is 2.80. The molecule has 1 aromatic carbocycles. The number of piperidine rings is 2. The van der Waals surface area contributed by atoms with E-state index < -0.39 is 11.8 Å². The van der Waals surface area contributed by atoms with Crippen molar-refractivity contribution in [2.45, 2.75) is 56.7 Å². The van der Waals surface area contributed by atoms with Gasteiger partial charge in [0.1, 0.15) is 11.8 Å². The Bertz CT molecular complexity index is 763. The van der Waals surface area contributed by atoms with Crippen LogP contribution in [-0.4, -0.2) is 40.1 Å². The molecule has 4 heterocycles. The van der Waals surface area contributed by atoms with Gasteiger partial charge in [-0.25, -0.2) is 0 Å². The van der Waals surface area contributed by atoms with Crippen LogP contribution in [0.1, 0.15) is 50.5 Å². The lowest BCUT2D eigenvalue weighted by molar-refractivity contribution is -0.151. The summed E-state index contributed by atoms with van der Waals surface area (Å²) in [4.78, 5) is 29.6. The van der Waals surface area contributed by atoms with Gasteiger partial charge in [-0.05, 0) is 37.3 Å². The van der Waals surface area contributed by atoms with Crippen LogP contribution in [0, 0.1) is 5.41 Å². The minimum Gasteiger partial charge on any atom is -0.382 e. The van der Waals surface area contributed by atoms with Crippen LogP contribution < -0.4 is 4.90 Å². The van der Waals surface area contributed by atoms with E-state index in [0.717, 1.165) is 36.9 Å². The molecule has 126 valence electrons. The largest absolute Gasteiger partial charge is 0.382 e. The Balaban J connectivity index is 1.87. The van der Waals surface area contributed by atoms with E-state index in [1.807, 2.05) is 34.1 Å². The average Bonchev–Trinajstić information content (AvgIpc) is 3.03. The molecule has 5 nitrogen and oxygen atoms in total. The molecule has 4 atom stereocenters. The van der Waals surface area contributed by atoms with Crippen LogP contribution in [0.5, 0.6) is 0 Å². The Morgan fingerprint density at radius 3 is 2.83 bits per heavy atom. The zero-order valence-electron chi connectivity index (χ0n) is 13.9. The normalized spacial score (nSPS) is 39.8. The summed E-state index contributed by atoms with van der Waals surface area (Å²) in [5.74, 6) is -0.444. The predicted molar refractivity (Wildman–Crippen MR) is 88.3 cm³/mol. The van der Waals surface area contributed by atoms with Gasteiger partial charge in [0.15, 0.2) is 0 Å². The molecule has 0 saturated carbocycles.